The summed E-state index contributed by atoms with van der Waals surface area (Å²) >= 11 is 1.87. The molecule has 0 aliphatic heterocycles. The molecule has 2 aromatic heterocycles. The van der Waals surface area contributed by atoms with E-state index in [-0.39, 0.29) is 0 Å². The van der Waals surface area contributed by atoms with Crippen molar-refractivity contribution < 1.29 is 4.57 Å². The number of thiophene rings is 1. The highest BCUT2D eigenvalue weighted by molar-refractivity contribution is 7.18. The topological polar surface area (TPSA) is 7.12 Å². The molecule has 166 valence electrons. The number of rotatable bonds is 13. The summed E-state index contributed by atoms with van der Waals surface area (Å²) < 4.78 is 2.19. The lowest BCUT2D eigenvalue weighted by Crippen LogP contribution is -2.29. The zero-order chi connectivity index (χ0) is 21.9. The van der Waals surface area contributed by atoms with E-state index < -0.39 is 0 Å². The molecule has 0 saturated heterocycles. The zero-order valence-corrected chi connectivity index (χ0v) is 20.5. The smallest absolute Gasteiger partial charge is 0.222 e. The number of pyridine rings is 1. The molecule has 2 heterocycles. The van der Waals surface area contributed by atoms with E-state index in [9.17, 15) is 0 Å². The minimum atomic E-state index is 1.18. The minimum Gasteiger partial charge on any atom is -0.372 e. The van der Waals surface area contributed by atoms with Crippen molar-refractivity contribution in [2.24, 2.45) is 7.05 Å². The fourth-order valence-electron chi connectivity index (χ4n) is 4.08. The molecule has 0 spiro atoms. The van der Waals surface area contributed by atoms with Crippen LogP contribution in [0.2, 0.25) is 0 Å². The Hall–Kier alpha value is -2.13. The standard InChI is InChI=1S/C28H39N2S/c1-4-6-8-11-22-30(23-12-9-7-5-2)25-17-15-24(16-18-25)27-19-20-28(31-27)26-14-10-13-21-29(26)3/h10,13-21H,4-9,11-12,22-23H2,1-3H3/q+1. The van der Waals surface area contributed by atoms with E-state index in [0.717, 1.165) is 0 Å². The average molecular weight is 436 g/mol. The molecule has 0 bridgehead atoms. The Labute approximate surface area is 193 Å². The van der Waals surface area contributed by atoms with Gasteiger partial charge in [0, 0.05) is 35.8 Å². The number of aromatic nitrogens is 1. The Balaban J connectivity index is 1.69. The Morgan fingerprint density at radius 2 is 1.35 bits per heavy atom. The van der Waals surface area contributed by atoms with Crippen molar-refractivity contribution in [3.8, 4) is 21.0 Å². The molecule has 2 nitrogen and oxygen atoms in total. The van der Waals surface area contributed by atoms with Gasteiger partial charge in [-0.2, -0.15) is 0 Å². The molecule has 0 fully saturated rings. The van der Waals surface area contributed by atoms with Gasteiger partial charge in [0.2, 0.25) is 5.69 Å². The lowest BCUT2D eigenvalue weighted by Gasteiger charge is -2.25. The number of aryl methyl sites for hydroxylation is 1. The zero-order valence-electron chi connectivity index (χ0n) is 19.6. The monoisotopic (exact) mass is 435 g/mol. The van der Waals surface area contributed by atoms with Crippen LogP contribution in [0.1, 0.15) is 65.2 Å². The molecule has 0 amide bonds. The summed E-state index contributed by atoms with van der Waals surface area (Å²) in [6, 6.07) is 20.2. The van der Waals surface area contributed by atoms with Crippen LogP contribution in [0.3, 0.4) is 0 Å². The fraction of sp³-hybridized carbons (Fsp3) is 0.464. The number of unbranched alkanes of at least 4 members (excludes halogenated alkanes) is 6. The van der Waals surface area contributed by atoms with Crippen LogP contribution in [-0.4, -0.2) is 13.1 Å². The molecule has 31 heavy (non-hydrogen) atoms. The summed E-state index contributed by atoms with van der Waals surface area (Å²) in [5, 5.41) is 0. The number of hydrogen-bond acceptors (Lipinski definition) is 2. The Kier molecular flexibility index (Phi) is 9.61. The van der Waals surface area contributed by atoms with Gasteiger partial charge in [-0.05, 0) is 48.7 Å². The van der Waals surface area contributed by atoms with Crippen LogP contribution in [0.25, 0.3) is 21.0 Å². The molecule has 3 aromatic rings. The molecule has 0 unspecified atom stereocenters. The van der Waals surface area contributed by atoms with Crippen molar-refractivity contribution >= 4 is 17.0 Å². The largest absolute Gasteiger partial charge is 0.372 e. The predicted molar refractivity (Wildman–Crippen MR) is 137 cm³/mol. The number of anilines is 1. The highest BCUT2D eigenvalue weighted by Crippen LogP contribution is 2.34. The molecular formula is C28H39N2S+. The van der Waals surface area contributed by atoms with Crippen LogP contribution in [0.4, 0.5) is 5.69 Å². The maximum Gasteiger partial charge on any atom is 0.222 e. The lowest BCUT2D eigenvalue weighted by atomic mass is 10.1. The van der Waals surface area contributed by atoms with Crippen molar-refractivity contribution in [3.05, 3.63) is 60.8 Å². The van der Waals surface area contributed by atoms with Gasteiger partial charge in [-0.25, -0.2) is 4.57 Å². The van der Waals surface area contributed by atoms with Gasteiger partial charge in [0.15, 0.2) is 6.20 Å². The summed E-state index contributed by atoms with van der Waals surface area (Å²) in [6.07, 6.45) is 12.7. The van der Waals surface area contributed by atoms with Gasteiger partial charge < -0.3 is 4.90 Å². The van der Waals surface area contributed by atoms with Crippen molar-refractivity contribution in [2.75, 3.05) is 18.0 Å². The molecule has 0 radical (unpaired) electrons. The predicted octanol–water partition coefficient (Wildman–Crippen LogP) is 7.87. The highest BCUT2D eigenvalue weighted by Gasteiger charge is 2.13. The van der Waals surface area contributed by atoms with E-state index in [0.29, 0.717) is 0 Å². The molecule has 1 aromatic carbocycles. The van der Waals surface area contributed by atoms with E-state index in [1.807, 2.05) is 11.3 Å². The summed E-state index contributed by atoms with van der Waals surface area (Å²) in [6.45, 7) is 6.93. The van der Waals surface area contributed by atoms with Crippen molar-refractivity contribution in [2.45, 2.75) is 65.2 Å². The number of benzene rings is 1. The third kappa shape index (κ3) is 6.93. The quantitative estimate of drug-likeness (QED) is 0.196. The lowest BCUT2D eigenvalue weighted by molar-refractivity contribution is -0.660. The van der Waals surface area contributed by atoms with Crippen molar-refractivity contribution in [1.82, 2.24) is 0 Å². The van der Waals surface area contributed by atoms with Gasteiger partial charge in [0.05, 0.1) is 4.88 Å². The molecule has 0 saturated carbocycles. The van der Waals surface area contributed by atoms with Crippen molar-refractivity contribution in [1.29, 1.82) is 0 Å². The first-order chi connectivity index (χ1) is 15.2. The van der Waals surface area contributed by atoms with E-state index >= 15 is 0 Å². The van der Waals surface area contributed by atoms with Gasteiger partial charge in [0.1, 0.15) is 7.05 Å². The van der Waals surface area contributed by atoms with E-state index in [4.69, 9.17) is 0 Å². The average Bonchev–Trinajstić information content (AvgIpc) is 3.28. The van der Waals surface area contributed by atoms with Gasteiger partial charge >= 0.3 is 0 Å². The number of hydrogen-bond donors (Lipinski definition) is 0. The van der Waals surface area contributed by atoms with Crippen LogP contribution >= 0.6 is 11.3 Å². The summed E-state index contributed by atoms with van der Waals surface area (Å²) in [5.41, 5.74) is 3.96. The SMILES string of the molecule is CCCCCCN(CCCCCC)c1ccc(-c2ccc(-c3cccc[n+]3C)s2)cc1. The first-order valence-corrected chi connectivity index (χ1v) is 12.9. The third-order valence-electron chi connectivity index (χ3n) is 5.99. The first-order valence-electron chi connectivity index (χ1n) is 12.1. The number of nitrogens with zero attached hydrogens (tertiary/aromatic N) is 2. The second-order valence-electron chi connectivity index (χ2n) is 8.52. The maximum absolute atomic E-state index is 2.61. The van der Waals surface area contributed by atoms with Crippen LogP contribution in [0.5, 0.6) is 0 Å². The van der Waals surface area contributed by atoms with Crippen LogP contribution in [0, 0.1) is 0 Å². The summed E-state index contributed by atoms with van der Waals surface area (Å²) in [4.78, 5) is 5.26. The molecule has 0 atom stereocenters. The Bertz CT molecular complexity index is 885. The summed E-state index contributed by atoms with van der Waals surface area (Å²) in [5.74, 6) is 0. The van der Waals surface area contributed by atoms with Gasteiger partial charge in [-0.15, -0.1) is 11.3 Å². The van der Waals surface area contributed by atoms with E-state index in [1.54, 1.807) is 0 Å². The Morgan fingerprint density at radius 3 is 1.97 bits per heavy atom. The second-order valence-corrected chi connectivity index (χ2v) is 9.60. The van der Waals surface area contributed by atoms with Crippen LogP contribution < -0.4 is 9.47 Å². The molecule has 0 aliphatic carbocycles. The van der Waals surface area contributed by atoms with Crippen LogP contribution in [-0.2, 0) is 7.05 Å². The summed E-state index contributed by atoms with van der Waals surface area (Å²) in [7, 11) is 2.11. The molecular weight excluding hydrogens is 396 g/mol. The fourth-order valence-corrected chi connectivity index (χ4v) is 5.16. The molecule has 0 N–H and O–H groups in total. The van der Waals surface area contributed by atoms with Gasteiger partial charge in [-0.3, -0.25) is 0 Å². The third-order valence-corrected chi connectivity index (χ3v) is 7.15. The molecule has 3 rings (SSSR count). The van der Waals surface area contributed by atoms with Crippen LogP contribution in [0.15, 0.2) is 60.8 Å². The van der Waals surface area contributed by atoms with Crippen molar-refractivity contribution in [3.63, 3.8) is 0 Å². The van der Waals surface area contributed by atoms with E-state index in [2.05, 4.69) is 91.2 Å². The highest BCUT2D eigenvalue weighted by atomic mass is 32.1. The second kappa shape index (κ2) is 12.7. The van der Waals surface area contributed by atoms with E-state index in [1.165, 1.54) is 91.2 Å². The maximum atomic E-state index is 2.61. The normalized spacial score (nSPS) is 11.1. The van der Waals surface area contributed by atoms with Gasteiger partial charge in [0.25, 0.3) is 0 Å². The Morgan fingerprint density at radius 1 is 0.710 bits per heavy atom. The first kappa shape index (κ1) is 23.5. The molecule has 0 aliphatic rings. The van der Waals surface area contributed by atoms with Gasteiger partial charge in [-0.1, -0.05) is 64.5 Å². The minimum absolute atomic E-state index is 1.18. The molecule has 3 heteroatoms.